The topological polar surface area (TPSA) is 79.5 Å². The summed E-state index contributed by atoms with van der Waals surface area (Å²) in [5.74, 6) is 0.781. The Morgan fingerprint density at radius 1 is 1.18 bits per heavy atom. The zero-order valence-electron chi connectivity index (χ0n) is 8.83. The van der Waals surface area contributed by atoms with E-state index in [0.717, 1.165) is 11.4 Å². The number of nitrogens with one attached hydrogen (secondary N) is 1. The Hall–Kier alpha value is -1.79. The van der Waals surface area contributed by atoms with Gasteiger partial charge in [-0.2, -0.15) is 8.42 Å². The molecule has 0 saturated carbocycles. The molecule has 0 amide bonds. The van der Waals surface area contributed by atoms with E-state index in [1.165, 1.54) is 12.1 Å². The van der Waals surface area contributed by atoms with Gasteiger partial charge in [-0.3, -0.25) is 4.55 Å². The minimum Gasteiger partial charge on any atom is -0.467 e. The van der Waals surface area contributed by atoms with Gasteiger partial charge in [-0.05, 0) is 36.4 Å². The molecule has 1 aromatic carbocycles. The molecule has 90 valence electrons. The molecule has 17 heavy (non-hydrogen) atoms. The van der Waals surface area contributed by atoms with E-state index in [0.29, 0.717) is 6.54 Å². The van der Waals surface area contributed by atoms with Gasteiger partial charge in [-0.15, -0.1) is 0 Å². The minimum atomic E-state index is -4.12. The Morgan fingerprint density at radius 2 is 1.88 bits per heavy atom. The quantitative estimate of drug-likeness (QED) is 0.816. The van der Waals surface area contributed by atoms with Crippen molar-refractivity contribution >= 4 is 15.8 Å². The summed E-state index contributed by atoms with van der Waals surface area (Å²) in [5.41, 5.74) is 0.744. The average molecular weight is 253 g/mol. The molecule has 2 aromatic rings. The van der Waals surface area contributed by atoms with Crippen molar-refractivity contribution in [3.8, 4) is 0 Å². The first-order valence-electron chi connectivity index (χ1n) is 4.89. The summed E-state index contributed by atoms with van der Waals surface area (Å²) in [5, 5.41) is 3.06. The van der Waals surface area contributed by atoms with Crippen LogP contribution in [0.4, 0.5) is 5.69 Å². The van der Waals surface area contributed by atoms with Gasteiger partial charge in [0.25, 0.3) is 10.1 Å². The van der Waals surface area contributed by atoms with Crippen LogP contribution in [0.3, 0.4) is 0 Å². The van der Waals surface area contributed by atoms with E-state index in [9.17, 15) is 8.42 Å². The van der Waals surface area contributed by atoms with Crippen LogP contribution < -0.4 is 5.32 Å². The molecule has 5 nitrogen and oxygen atoms in total. The van der Waals surface area contributed by atoms with Crippen molar-refractivity contribution in [3.63, 3.8) is 0 Å². The molecule has 0 radical (unpaired) electrons. The van der Waals surface area contributed by atoms with Gasteiger partial charge in [-0.1, -0.05) is 0 Å². The van der Waals surface area contributed by atoms with Crippen molar-refractivity contribution in [3.05, 3.63) is 48.4 Å². The normalized spacial score (nSPS) is 11.4. The monoisotopic (exact) mass is 253 g/mol. The molecule has 6 heteroatoms. The highest BCUT2D eigenvalue weighted by atomic mass is 32.2. The summed E-state index contributed by atoms with van der Waals surface area (Å²) >= 11 is 0. The van der Waals surface area contributed by atoms with Crippen molar-refractivity contribution in [2.75, 3.05) is 5.32 Å². The molecule has 1 heterocycles. The third-order valence-electron chi connectivity index (χ3n) is 2.20. The van der Waals surface area contributed by atoms with Crippen LogP contribution in [0.5, 0.6) is 0 Å². The minimum absolute atomic E-state index is 0.124. The standard InChI is InChI=1S/C11H11NO4S/c13-17(14,15)11-5-3-9(4-6-11)12-8-10-2-1-7-16-10/h1-7,12H,8H2,(H,13,14,15). The highest BCUT2D eigenvalue weighted by Crippen LogP contribution is 2.14. The van der Waals surface area contributed by atoms with Gasteiger partial charge in [-0.25, -0.2) is 0 Å². The molecule has 0 fully saturated rings. The predicted octanol–water partition coefficient (Wildman–Crippen LogP) is 2.14. The molecule has 2 N–H and O–H groups in total. The highest BCUT2D eigenvalue weighted by Gasteiger charge is 2.08. The largest absolute Gasteiger partial charge is 0.467 e. The van der Waals surface area contributed by atoms with E-state index in [4.69, 9.17) is 8.97 Å². The van der Waals surface area contributed by atoms with Crippen LogP contribution in [0, 0.1) is 0 Å². The summed E-state index contributed by atoms with van der Waals surface area (Å²) in [4.78, 5) is -0.124. The molecular weight excluding hydrogens is 242 g/mol. The van der Waals surface area contributed by atoms with Crippen LogP contribution in [-0.2, 0) is 16.7 Å². The Bertz CT molecular complexity index is 572. The van der Waals surface area contributed by atoms with Crippen LogP contribution in [0.1, 0.15) is 5.76 Å². The molecule has 1 aromatic heterocycles. The number of hydrogen-bond acceptors (Lipinski definition) is 4. The Kier molecular flexibility index (Phi) is 3.16. The summed E-state index contributed by atoms with van der Waals surface area (Å²) in [6.07, 6.45) is 1.58. The van der Waals surface area contributed by atoms with Gasteiger partial charge >= 0.3 is 0 Å². The predicted molar refractivity (Wildman–Crippen MR) is 62.3 cm³/mol. The molecule has 0 aliphatic rings. The van der Waals surface area contributed by atoms with Crippen LogP contribution >= 0.6 is 0 Å². The van der Waals surface area contributed by atoms with E-state index >= 15 is 0 Å². The number of benzene rings is 1. The smallest absolute Gasteiger partial charge is 0.294 e. The van der Waals surface area contributed by atoms with Gasteiger partial charge in [0, 0.05) is 5.69 Å². The molecule has 0 aliphatic carbocycles. The lowest BCUT2D eigenvalue weighted by atomic mass is 10.3. The lowest BCUT2D eigenvalue weighted by Crippen LogP contribution is -2.00. The Morgan fingerprint density at radius 3 is 2.41 bits per heavy atom. The molecule has 0 atom stereocenters. The van der Waals surface area contributed by atoms with E-state index < -0.39 is 10.1 Å². The second-order valence-electron chi connectivity index (χ2n) is 3.43. The molecule has 0 unspecified atom stereocenters. The summed E-state index contributed by atoms with van der Waals surface area (Å²) in [6, 6.07) is 9.44. The molecule has 0 spiro atoms. The van der Waals surface area contributed by atoms with Crippen molar-refractivity contribution in [1.82, 2.24) is 0 Å². The zero-order chi connectivity index (χ0) is 12.3. The van der Waals surface area contributed by atoms with Gasteiger partial charge < -0.3 is 9.73 Å². The van der Waals surface area contributed by atoms with Crippen molar-refractivity contribution in [2.45, 2.75) is 11.4 Å². The van der Waals surface area contributed by atoms with E-state index in [2.05, 4.69) is 5.32 Å². The Labute approximate surface area is 98.8 Å². The van der Waals surface area contributed by atoms with Gasteiger partial charge in [0.1, 0.15) is 5.76 Å². The van der Waals surface area contributed by atoms with Crippen molar-refractivity contribution < 1.29 is 17.4 Å². The highest BCUT2D eigenvalue weighted by molar-refractivity contribution is 7.85. The number of furan rings is 1. The van der Waals surface area contributed by atoms with Crippen LogP contribution in [0.15, 0.2) is 52.0 Å². The number of hydrogen-bond donors (Lipinski definition) is 2. The SMILES string of the molecule is O=S(=O)(O)c1ccc(NCc2ccco2)cc1. The van der Waals surface area contributed by atoms with E-state index in [-0.39, 0.29) is 4.90 Å². The lowest BCUT2D eigenvalue weighted by Gasteiger charge is -2.04. The summed E-state index contributed by atoms with van der Waals surface area (Å²) in [7, 11) is -4.12. The summed E-state index contributed by atoms with van der Waals surface area (Å²) in [6.45, 7) is 0.512. The molecule has 0 saturated heterocycles. The third-order valence-corrected chi connectivity index (χ3v) is 3.07. The average Bonchev–Trinajstić information content (AvgIpc) is 2.78. The van der Waals surface area contributed by atoms with Gasteiger partial charge in [0.05, 0.1) is 17.7 Å². The fraction of sp³-hybridized carbons (Fsp3) is 0.0909. The molecular formula is C11H11NO4S. The van der Waals surface area contributed by atoms with E-state index in [1.807, 2.05) is 6.07 Å². The second-order valence-corrected chi connectivity index (χ2v) is 4.85. The Balaban J connectivity index is 2.04. The zero-order valence-corrected chi connectivity index (χ0v) is 9.65. The molecule has 0 aliphatic heterocycles. The fourth-order valence-corrected chi connectivity index (χ4v) is 1.83. The second kappa shape index (κ2) is 4.60. The van der Waals surface area contributed by atoms with Gasteiger partial charge in [0.15, 0.2) is 0 Å². The first-order chi connectivity index (χ1) is 8.05. The molecule has 2 rings (SSSR count). The number of rotatable bonds is 4. The van der Waals surface area contributed by atoms with Crippen molar-refractivity contribution in [2.24, 2.45) is 0 Å². The first kappa shape index (κ1) is 11.7. The maximum atomic E-state index is 10.8. The van der Waals surface area contributed by atoms with E-state index in [1.54, 1.807) is 24.5 Å². The van der Waals surface area contributed by atoms with Gasteiger partial charge in [0.2, 0.25) is 0 Å². The fourth-order valence-electron chi connectivity index (χ4n) is 1.35. The molecule has 0 bridgehead atoms. The van der Waals surface area contributed by atoms with Crippen LogP contribution in [0.2, 0.25) is 0 Å². The summed E-state index contributed by atoms with van der Waals surface area (Å²) < 4.78 is 35.5. The number of anilines is 1. The lowest BCUT2D eigenvalue weighted by molar-refractivity contribution is 0.483. The van der Waals surface area contributed by atoms with Crippen LogP contribution in [-0.4, -0.2) is 13.0 Å². The van der Waals surface area contributed by atoms with Crippen molar-refractivity contribution in [1.29, 1.82) is 0 Å². The van der Waals surface area contributed by atoms with Crippen LogP contribution in [0.25, 0.3) is 0 Å². The third kappa shape index (κ3) is 3.08. The maximum absolute atomic E-state index is 10.8. The first-order valence-corrected chi connectivity index (χ1v) is 6.33. The maximum Gasteiger partial charge on any atom is 0.294 e.